The Balaban J connectivity index is 1.36. The van der Waals surface area contributed by atoms with Crippen LogP contribution >= 0.6 is 0 Å². The van der Waals surface area contributed by atoms with E-state index in [2.05, 4.69) is 92.0 Å². The highest BCUT2D eigenvalue weighted by molar-refractivity contribution is 5.97. The molecule has 2 aliphatic carbocycles. The van der Waals surface area contributed by atoms with Crippen LogP contribution in [-0.4, -0.2) is 7.05 Å². The molecule has 1 heterocycles. The van der Waals surface area contributed by atoms with Crippen molar-refractivity contribution >= 4 is 5.69 Å². The van der Waals surface area contributed by atoms with Crippen LogP contribution in [0.5, 0.6) is 11.5 Å². The van der Waals surface area contributed by atoms with Crippen LogP contribution in [0.1, 0.15) is 22.3 Å². The molecule has 0 saturated carbocycles. The average molecular weight is 530 g/mol. The van der Waals surface area contributed by atoms with E-state index < -0.39 is 5.41 Å². The molecule has 3 nitrogen and oxygen atoms in total. The largest absolute Gasteiger partial charge is 0.449 e. The minimum atomic E-state index is -0.446. The second kappa shape index (κ2) is 8.61. The van der Waals surface area contributed by atoms with E-state index in [4.69, 9.17) is 9.47 Å². The quantitative estimate of drug-likeness (QED) is 0.227. The molecule has 1 spiro atoms. The molecule has 0 aromatic heterocycles. The van der Waals surface area contributed by atoms with Gasteiger partial charge in [-0.3, -0.25) is 0 Å². The van der Waals surface area contributed by atoms with Crippen molar-refractivity contribution in [2.24, 2.45) is 0 Å². The molecule has 0 bridgehead atoms. The first-order valence-corrected chi connectivity index (χ1v) is 13.8. The smallest absolute Gasteiger partial charge is 0.193 e. The molecule has 5 aromatic carbocycles. The summed E-state index contributed by atoms with van der Waals surface area (Å²) in [4.78, 5) is 2.01. The summed E-state index contributed by atoms with van der Waals surface area (Å²) in [5.74, 6) is 2.47. The van der Waals surface area contributed by atoms with Crippen LogP contribution in [0.4, 0.5) is 5.69 Å². The predicted octanol–water partition coefficient (Wildman–Crippen LogP) is 8.85. The van der Waals surface area contributed by atoms with Crippen LogP contribution in [0.25, 0.3) is 22.3 Å². The van der Waals surface area contributed by atoms with Crippen molar-refractivity contribution in [2.45, 2.75) is 5.41 Å². The van der Waals surface area contributed by atoms with Gasteiger partial charge in [0.1, 0.15) is 0 Å². The lowest BCUT2D eigenvalue weighted by atomic mass is 9.70. The van der Waals surface area contributed by atoms with E-state index >= 15 is 0 Å². The summed E-state index contributed by atoms with van der Waals surface area (Å²) in [6, 6.07) is 40.6. The monoisotopic (exact) mass is 529 g/mol. The molecule has 3 heteroatoms. The van der Waals surface area contributed by atoms with Crippen LogP contribution < -0.4 is 14.4 Å². The zero-order valence-corrected chi connectivity index (χ0v) is 22.7. The molecule has 0 unspecified atom stereocenters. The number of hydrogen-bond donors (Lipinski definition) is 0. The van der Waals surface area contributed by atoms with E-state index in [1.54, 1.807) is 6.08 Å². The fourth-order valence-electron chi connectivity index (χ4n) is 6.93. The second-order valence-corrected chi connectivity index (χ2v) is 10.6. The number of fused-ring (bicyclic) bond motifs is 12. The van der Waals surface area contributed by atoms with Crippen LogP contribution in [0.3, 0.4) is 0 Å². The standard InChI is InChI=1S/C38H27NO2/c1-4-33-36(24(2)39(3)25-14-6-5-7-15-25)41-37-34(40-33)23-22-32-35(37)28-18-10-13-21-31(28)38(32)29-19-11-8-16-26(29)27-17-9-12-20-30(27)38/h4-23H,1-2H2,3H3. The zero-order chi connectivity index (χ0) is 27.7. The van der Waals surface area contributed by atoms with Crippen LogP contribution in [-0.2, 0) is 5.41 Å². The van der Waals surface area contributed by atoms with Crippen molar-refractivity contribution in [3.8, 4) is 33.8 Å². The van der Waals surface area contributed by atoms with Gasteiger partial charge < -0.3 is 14.4 Å². The third kappa shape index (κ3) is 3.03. The lowest BCUT2D eigenvalue weighted by Crippen LogP contribution is -2.26. The highest BCUT2D eigenvalue weighted by Crippen LogP contribution is 2.65. The first kappa shape index (κ1) is 23.6. The van der Waals surface area contributed by atoms with Crippen molar-refractivity contribution in [3.05, 3.63) is 174 Å². The van der Waals surface area contributed by atoms with Crippen molar-refractivity contribution in [2.75, 3.05) is 11.9 Å². The molecule has 0 atom stereocenters. The second-order valence-electron chi connectivity index (χ2n) is 10.6. The van der Waals surface area contributed by atoms with Crippen LogP contribution in [0.15, 0.2) is 152 Å². The van der Waals surface area contributed by atoms with E-state index in [0.717, 1.165) is 16.8 Å². The molecular weight excluding hydrogens is 502 g/mol. The molecule has 0 amide bonds. The van der Waals surface area contributed by atoms with E-state index in [1.165, 1.54) is 33.4 Å². The molecule has 5 aromatic rings. The normalized spacial score (nSPS) is 14.7. The Morgan fingerprint density at radius 3 is 1.85 bits per heavy atom. The molecule has 3 aliphatic rings. The Kier molecular flexibility index (Phi) is 4.95. The first-order valence-electron chi connectivity index (χ1n) is 13.8. The maximum absolute atomic E-state index is 6.86. The van der Waals surface area contributed by atoms with Gasteiger partial charge in [-0.25, -0.2) is 0 Å². The van der Waals surface area contributed by atoms with E-state index in [-0.39, 0.29) is 0 Å². The highest BCUT2D eigenvalue weighted by Gasteiger charge is 2.53. The van der Waals surface area contributed by atoms with E-state index in [1.807, 2.05) is 48.3 Å². The summed E-state index contributed by atoms with van der Waals surface area (Å²) in [6.07, 6.45) is 1.69. The number of allylic oxidation sites excluding steroid dienone is 1. The Morgan fingerprint density at radius 1 is 0.659 bits per heavy atom. The van der Waals surface area contributed by atoms with Crippen molar-refractivity contribution < 1.29 is 9.47 Å². The number of benzene rings is 5. The number of rotatable bonds is 4. The molecular formula is C38H27NO2. The first-order chi connectivity index (χ1) is 20.1. The van der Waals surface area contributed by atoms with Gasteiger partial charge in [0.05, 0.1) is 11.1 Å². The van der Waals surface area contributed by atoms with Gasteiger partial charge >= 0.3 is 0 Å². The summed E-state index contributed by atoms with van der Waals surface area (Å²) in [5, 5.41) is 0. The summed E-state index contributed by atoms with van der Waals surface area (Å²) < 4.78 is 13.3. The highest BCUT2D eigenvalue weighted by atomic mass is 16.6. The topological polar surface area (TPSA) is 21.7 Å². The summed E-state index contributed by atoms with van der Waals surface area (Å²) in [5.41, 5.74) is 11.0. The molecule has 1 aliphatic heterocycles. The van der Waals surface area contributed by atoms with Crippen molar-refractivity contribution in [1.82, 2.24) is 0 Å². The van der Waals surface area contributed by atoms with Gasteiger partial charge in [-0.15, -0.1) is 0 Å². The summed E-state index contributed by atoms with van der Waals surface area (Å²) in [6.45, 7) is 8.43. The number of para-hydroxylation sites is 1. The molecule has 0 N–H and O–H groups in total. The molecule has 0 radical (unpaired) electrons. The maximum Gasteiger partial charge on any atom is 0.193 e. The molecule has 196 valence electrons. The third-order valence-corrected chi connectivity index (χ3v) is 8.72. The minimum Gasteiger partial charge on any atom is -0.449 e. The Morgan fingerprint density at radius 2 is 1.22 bits per heavy atom. The Hall–Kier alpha value is -5.28. The molecule has 8 rings (SSSR count). The van der Waals surface area contributed by atoms with Gasteiger partial charge in [-0.2, -0.15) is 0 Å². The lowest BCUT2D eigenvalue weighted by Gasteiger charge is -2.32. The molecule has 41 heavy (non-hydrogen) atoms. The number of likely N-dealkylation sites (N-methyl/N-ethyl adjacent to an activating group) is 1. The maximum atomic E-state index is 6.86. The average Bonchev–Trinajstić information content (AvgIpc) is 3.51. The van der Waals surface area contributed by atoms with Gasteiger partial charge in [0, 0.05) is 18.3 Å². The lowest BCUT2D eigenvalue weighted by molar-refractivity contribution is 0.311. The van der Waals surface area contributed by atoms with Gasteiger partial charge in [0.25, 0.3) is 0 Å². The summed E-state index contributed by atoms with van der Waals surface area (Å²) in [7, 11) is 1.98. The van der Waals surface area contributed by atoms with Crippen molar-refractivity contribution in [3.63, 3.8) is 0 Å². The third-order valence-electron chi connectivity index (χ3n) is 8.72. The number of nitrogens with zero attached hydrogens (tertiary/aromatic N) is 1. The summed E-state index contributed by atoms with van der Waals surface area (Å²) >= 11 is 0. The number of hydrogen-bond acceptors (Lipinski definition) is 3. The Bertz CT molecular complexity index is 1900. The Labute approximate surface area is 239 Å². The SMILES string of the molecule is C=CC1=C(C(=C)N(C)c2ccccc2)Oc2c(ccc3c2-c2ccccc2C32c3ccccc3-c3ccccc32)O1. The van der Waals surface area contributed by atoms with Crippen LogP contribution in [0, 0.1) is 0 Å². The fraction of sp³-hybridized carbons (Fsp3) is 0.0526. The molecule has 0 saturated heterocycles. The van der Waals surface area contributed by atoms with E-state index in [0.29, 0.717) is 28.7 Å². The van der Waals surface area contributed by atoms with E-state index in [9.17, 15) is 0 Å². The molecule has 0 fully saturated rings. The van der Waals surface area contributed by atoms with Crippen molar-refractivity contribution in [1.29, 1.82) is 0 Å². The number of anilines is 1. The van der Waals surface area contributed by atoms with Gasteiger partial charge in [-0.05, 0) is 63.2 Å². The minimum absolute atomic E-state index is 0.446. The predicted molar refractivity (Wildman–Crippen MR) is 165 cm³/mol. The zero-order valence-electron chi connectivity index (χ0n) is 22.7. The van der Waals surface area contributed by atoms with Crippen LogP contribution in [0.2, 0.25) is 0 Å². The van der Waals surface area contributed by atoms with Gasteiger partial charge in [-0.1, -0.05) is 110 Å². The fourth-order valence-corrected chi connectivity index (χ4v) is 6.93. The number of ether oxygens (including phenoxy) is 2. The van der Waals surface area contributed by atoms with Gasteiger partial charge in [0.2, 0.25) is 0 Å². The van der Waals surface area contributed by atoms with Gasteiger partial charge in [0.15, 0.2) is 23.0 Å².